The second kappa shape index (κ2) is 7.71. The number of ketones is 1. The van der Waals surface area contributed by atoms with Crippen molar-refractivity contribution in [2.75, 3.05) is 0 Å². The van der Waals surface area contributed by atoms with Crippen LogP contribution in [-0.4, -0.2) is 31.3 Å². The number of hydrogen-bond donors (Lipinski definition) is 2. The van der Waals surface area contributed by atoms with Gasteiger partial charge in [0, 0.05) is 18.0 Å². The van der Waals surface area contributed by atoms with E-state index in [9.17, 15) is 18.0 Å². The lowest BCUT2D eigenvalue weighted by molar-refractivity contribution is -0.136. The average molecular weight is 348 g/mol. The van der Waals surface area contributed by atoms with Crippen LogP contribution in [0.15, 0.2) is 23.1 Å². The van der Waals surface area contributed by atoms with Crippen molar-refractivity contribution < 1.29 is 23.1 Å². The highest BCUT2D eigenvalue weighted by Gasteiger charge is 2.21. The lowest BCUT2D eigenvalue weighted by Gasteiger charge is -2.13. The van der Waals surface area contributed by atoms with E-state index < -0.39 is 21.8 Å². The normalized spacial score (nSPS) is 12.9. The van der Waals surface area contributed by atoms with Crippen molar-refractivity contribution in [1.29, 1.82) is 0 Å². The first-order chi connectivity index (χ1) is 10.2. The number of carbonyl (C=O) groups is 2. The van der Waals surface area contributed by atoms with Crippen molar-refractivity contribution in [3.05, 3.63) is 28.8 Å². The molecule has 1 atom stereocenters. The Morgan fingerprint density at radius 1 is 1.32 bits per heavy atom. The van der Waals surface area contributed by atoms with Gasteiger partial charge >= 0.3 is 5.97 Å². The average Bonchev–Trinajstić information content (AvgIpc) is 2.44. The first-order valence-corrected chi connectivity index (χ1v) is 8.60. The van der Waals surface area contributed by atoms with E-state index in [1.54, 1.807) is 6.92 Å². The maximum Gasteiger partial charge on any atom is 0.303 e. The predicted octanol–water partition coefficient (Wildman–Crippen LogP) is 2.46. The largest absolute Gasteiger partial charge is 0.481 e. The molecule has 0 aliphatic rings. The van der Waals surface area contributed by atoms with Gasteiger partial charge in [-0.2, -0.15) is 0 Å². The molecule has 1 aromatic carbocycles. The molecule has 1 rings (SSSR count). The van der Waals surface area contributed by atoms with Gasteiger partial charge in [0.05, 0.1) is 11.4 Å². The van der Waals surface area contributed by atoms with Crippen LogP contribution in [0.25, 0.3) is 0 Å². The third-order valence-corrected chi connectivity index (χ3v) is 5.15. The fraction of sp³-hybridized carbons (Fsp3) is 0.429. The highest BCUT2D eigenvalue weighted by Crippen LogP contribution is 2.24. The number of hydrogen-bond acceptors (Lipinski definition) is 4. The second-order valence-corrected chi connectivity index (χ2v) is 6.98. The Hall–Kier alpha value is -1.44. The predicted molar refractivity (Wildman–Crippen MR) is 82.7 cm³/mol. The maximum atomic E-state index is 12.3. The number of benzene rings is 1. The fourth-order valence-electron chi connectivity index (χ4n) is 1.66. The van der Waals surface area contributed by atoms with Crippen molar-refractivity contribution >= 4 is 33.4 Å². The van der Waals surface area contributed by atoms with Crippen LogP contribution in [0.4, 0.5) is 0 Å². The van der Waals surface area contributed by atoms with E-state index in [-0.39, 0.29) is 34.4 Å². The Labute approximate surface area is 134 Å². The molecule has 0 amide bonds. The van der Waals surface area contributed by atoms with Crippen LogP contribution in [0.1, 0.15) is 43.5 Å². The summed E-state index contributed by atoms with van der Waals surface area (Å²) in [5, 5.41) is 8.59. The minimum atomic E-state index is -3.84. The van der Waals surface area contributed by atoms with Gasteiger partial charge in [0.15, 0.2) is 5.78 Å². The van der Waals surface area contributed by atoms with Crippen molar-refractivity contribution in [3.8, 4) is 0 Å². The van der Waals surface area contributed by atoms with Gasteiger partial charge in [0.25, 0.3) is 0 Å². The standard InChI is InChI=1S/C14H18ClNO5S/c1-3-9(2)16-22(20,21)13-8-10(4-5-11(13)15)12(17)6-7-14(18)19/h4-5,8-9,16H,3,6-7H2,1-2H3,(H,18,19). The molecule has 8 heteroatoms. The quantitative estimate of drug-likeness (QED) is 0.703. The molecule has 0 bridgehead atoms. The summed E-state index contributed by atoms with van der Waals surface area (Å²) in [6.45, 7) is 3.55. The molecule has 1 unspecified atom stereocenters. The van der Waals surface area contributed by atoms with Crippen LogP contribution in [-0.2, 0) is 14.8 Å². The number of carbonyl (C=O) groups excluding carboxylic acids is 1. The van der Waals surface area contributed by atoms with E-state index in [1.807, 2.05) is 6.92 Å². The van der Waals surface area contributed by atoms with Crippen molar-refractivity contribution in [2.24, 2.45) is 0 Å². The number of nitrogens with one attached hydrogen (secondary N) is 1. The minimum Gasteiger partial charge on any atom is -0.481 e. The van der Waals surface area contributed by atoms with Gasteiger partial charge in [-0.3, -0.25) is 9.59 Å². The number of sulfonamides is 1. The molecule has 0 saturated carbocycles. The van der Waals surface area contributed by atoms with Gasteiger partial charge in [0.2, 0.25) is 10.0 Å². The topological polar surface area (TPSA) is 101 Å². The first kappa shape index (κ1) is 18.6. The van der Waals surface area contributed by atoms with Crippen molar-refractivity contribution in [2.45, 2.75) is 44.0 Å². The highest BCUT2D eigenvalue weighted by atomic mass is 35.5. The zero-order valence-electron chi connectivity index (χ0n) is 12.3. The van der Waals surface area contributed by atoms with Crippen LogP contribution < -0.4 is 4.72 Å². The molecule has 0 saturated heterocycles. The molecule has 2 N–H and O–H groups in total. The monoisotopic (exact) mass is 347 g/mol. The minimum absolute atomic E-state index is 0.00517. The molecule has 0 aliphatic heterocycles. The highest BCUT2D eigenvalue weighted by molar-refractivity contribution is 7.89. The zero-order chi connectivity index (χ0) is 16.9. The first-order valence-electron chi connectivity index (χ1n) is 6.74. The second-order valence-electron chi connectivity index (χ2n) is 4.89. The Morgan fingerprint density at radius 3 is 2.50 bits per heavy atom. The van der Waals surface area contributed by atoms with E-state index >= 15 is 0 Å². The van der Waals surface area contributed by atoms with E-state index in [0.29, 0.717) is 6.42 Å². The van der Waals surface area contributed by atoms with Gasteiger partial charge in [0.1, 0.15) is 4.90 Å². The molecule has 0 radical (unpaired) electrons. The third-order valence-electron chi connectivity index (χ3n) is 3.08. The smallest absolute Gasteiger partial charge is 0.303 e. The lowest BCUT2D eigenvalue weighted by atomic mass is 10.1. The number of Topliss-reactive ketones (excluding diaryl/α,β-unsaturated/α-hetero) is 1. The fourth-order valence-corrected chi connectivity index (χ4v) is 3.51. The van der Waals surface area contributed by atoms with Gasteiger partial charge in [-0.25, -0.2) is 13.1 Å². The molecule has 1 aromatic rings. The van der Waals surface area contributed by atoms with Crippen molar-refractivity contribution in [3.63, 3.8) is 0 Å². The third kappa shape index (κ3) is 5.08. The Kier molecular flexibility index (Phi) is 6.52. The van der Waals surface area contributed by atoms with Crippen molar-refractivity contribution in [1.82, 2.24) is 4.72 Å². The van der Waals surface area contributed by atoms with Crippen LogP contribution in [0, 0.1) is 0 Å². The molecular weight excluding hydrogens is 330 g/mol. The van der Waals surface area contributed by atoms with Crippen LogP contribution in [0.3, 0.4) is 0 Å². The summed E-state index contributed by atoms with van der Waals surface area (Å²) < 4.78 is 27.0. The van der Waals surface area contributed by atoms with Gasteiger partial charge in [-0.15, -0.1) is 0 Å². The number of aliphatic carboxylic acids is 1. The Balaban J connectivity index is 3.09. The molecule has 0 aliphatic carbocycles. The van der Waals surface area contributed by atoms with E-state index in [2.05, 4.69) is 4.72 Å². The molecule has 0 fully saturated rings. The molecule has 22 heavy (non-hydrogen) atoms. The van der Waals surface area contributed by atoms with E-state index in [0.717, 1.165) is 0 Å². The van der Waals surface area contributed by atoms with Gasteiger partial charge < -0.3 is 5.11 Å². The summed E-state index contributed by atoms with van der Waals surface area (Å²) in [7, 11) is -3.84. The Bertz CT molecular complexity index is 672. The molecule has 0 aromatic heterocycles. The number of halogens is 1. The molecule has 6 nitrogen and oxygen atoms in total. The number of rotatable bonds is 8. The SMILES string of the molecule is CCC(C)NS(=O)(=O)c1cc(C(=O)CCC(=O)O)ccc1Cl. The number of carboxylic acids is 1. The summed E-state index contributed by atoms with van der Waals surface area (Å²) in [5.41, 5.74) is 0.121. The van der Waals surface area contributed by atoms with Crippen LogP contribution in [0.5, 0.6) is 0 Å². The number of carboxylic acid groups (broad SMARTS) is 1. The lowest BCUT2D eigenvalue weighted by Crippen LogP contribution is -2.32. The summed E-state index contributed by atoms with van der Waals surface area (Å²) in [6.07, 6.45) is 0.0952. The summed E-state index contributed by atoms with van der Waals surface area (Å²) >= 11 is 5.91. The van der Waals surface area contributed by atoms with E-state index in [1.165, 1.54) is 18.2 Å². The zero-order valence-corrected chi connectivity index (χ0v) is 13.9. The summed E-state index contributed by atoms with van der Waals surface area (Å²) in [5.74, 6) is -1.53. The molecule has 0 spiro atoms. The van der Waals surface area contributed by atoms with Crippen LogP contribution in [0.2, 0.25) is 5.02 Å². The summed E-state index contributed by atoms with van der Waals surface area (Å²) in [4.78, 5) is 22.2. The van der Waals surface area contributed by atoms with Gasteiger partial charge in [-0.05, 0) is 31.5 Å². The molecule has 122 valence electrons. The molecular formula is C14H18ClNO5S. The van der Waals surface area contributed by atoms with Gasteiger partial charge in [-0.1, -0.05) is 18.5 Å². The van der Waals surface area contributed by atoms with Crippen LogP contribution >= 0.6 is 11.6 Å². The Morgan fingerprint density at radius 2 is 1.95 bits per heavy atom. The van der Waals surface area contributed by atoms with E-state index in [4.69, 9.17) is 16.7 Å². The summed E-state index contributed by atoms with van der Waals surface area (Å²) in [6, 6.07) is 3.61. The maximum absolute atomic E-state index is 12.3. The molecule has 0 heterocycles.